The van der Waals surface area contributed by atoms with Gasteiger partial charge in [-0.1, -0.05) is 0 Å². The fourth-order valence-electron chi connectivity index (χ4n) is 2.77. The number of pyridine rings is 1. The molecule has 0 saturated carbocycles. The molecule has 2 heterocycles. The van der Waals surface area contributed by atoms with Crippen LogP contribution in [0.4, 0.5) is 0 Å². The summed E-state index contributed by atoms with van der Waals surface area (Å²) in [5.41, 5.74) is 0.712. The summed E-state index contributed by atoms with van der Waals surface area (Å²) < 4.78 is 0. The molecule has 1 atom stereocenters. The van der Waals surface area contributed by atoms with Gasteiger partial charge in [-0.05, 0) is 44.7 Å². The minimum absolute atomic E-state index is 0.0394. The van der Waals surface area contributed by atoms with Crippen LogP contribution in [0.2, 0.25) is 0 Å². The van der Waals surface area contributed by atoms with Crippen LogP contribution in [0, 0.1) is 6.92 Å². The van der Waals surface area contributed by atoms with Gasteiger partial charge in [-0.25, -0.2) is 9.78 Å². The van der Waals surface area contributed by atoms with Gasteiger partial charge in [0.1, 0.15) is 5.69 Å². The van der Waals surface area contributed by atoms with Gasteiger partial charge in [0.05, 0.1) is 11.3 Å². The maximum atomic E-state index is 12.6. The number of carboxylic acid groups (broad SMARTS) is 1. The van der Waals surface area contributed by atoms with E-state index < -0.39 is 5.97 Å². The van der Waals surface area contributed by atoms with Crippen molar-refractivity contribution in [3.05, 3.63) is 29.1 Å². The van der Waals surface area contributed by atoms with Gasteiger partial charge in [0.25, 0.3) is 5.91 Å². The van der Waals surface area contributed by atoms with E-state index in [1.54, 1.807) is 11.8 Å². The molecular weight excluding hydrogens is 272 g/mol. The molecule has 0 bridgehead atoms. The third-order valence-corrected chi connectivity index (χ3v) is 3.89. The number of aliphatic hydroxyl groups is 1. The minimum atomic E-state index is -1.05. The Morgan fingerprint density at radius 2 is 2.14 bits per heavy atom. The second-order valence-electron chi connectivity index (χ2n) is 5.30. The number of likely N-dealkylation sites (tertiary alicyclic amines) is 1. The van der Waals surface area contributed by atoms with Crippen molar-refractivity contribution in [3.63, 3.8) is 0 Å². The van der Waals surface area contributed by atoms with Crippen LogP contribution in [-0.4, -0.2) is 51.2 Å². The molecule has 1 saturated heterocycles. The number of aromatic nitrogens is 1. The second kappa shape index (κ2) is 6.67. The molecule has 0 aromatic carbocycles. The van der Waals surface area contributed by atoms with Crippen molar-refractivity contribution >= 4 is 11.9 Å². The lowest BCUT2D eigenvalue weighted by molar-refractivity contribution is 0.0566. The van der Waals surface area contributed by atoms with Gasteiger partial charge in [0, 0.05) is 19.2 Å². The Balaban J connectivity index is 2.22. The molecule has 1 aliphatic rings. The van der Waals surface area contributed by atoms with Crippen LogP contribution in [0.25, 0.3) is 0 Å². The molecule has 1 fully saturated rings. The average molecular weight is 292 g/mol. The normalized spacial score (nSPS) is 18.6. The summed E-state index contributed by atoms with van der Waals surface area (Å²) in [4.78, 5) is 29.4. The molecule has 1 unspecified atom stereocenters. The summed E-state index contributed by atoms with van der Waals surface area (Å²) in [6.07, 6.45) is 3.45. The van der Waals surface area contributed by atoms with Crippen LogP contribution < -0.4 is 0 Å². The van der Waals surface area contributed by atoms with Crippen molar-refractivity contribution in [1.29, 1.82) is 0 Å². The van der Waals surface area contributed by atoms with Crippen molar-refractivity contribution in [1.82, 2.24) is 9.88 Å². The number of aromatic carboxylic acids is 1. The molecule has 6 heteroatoms. The molecule has 0 aliphatic carbocycles. The predicted molar refractivity (Wildman–Crippen MR) is 76.3 cm³/mol. The van der Waals surface area contributed by atoms with Gasteiger partial charge >= 0.3 is 5.97 Å². The standard InChI is InChI=1S/C15H20N2O4/c1-10-12(15(20)21)5-6-13(16-10)14(19)17-8-3-2-4-11(17)7-9-18/h5-6,11,18H,2-4,7-9H2,1H3,(H,20,21). The van der Waals surface area contributed by atoms with E-state index in [-0.39, 0.29) is 29.8 Å². The Kier molecular flexibility index (Phi) is 4.90. The van der Waals surface area contributed by atoms with Crippen molar-refractivity contribution in [2.75, 3.05) is 13.2 Å². The Morgan fingerprint density at radius 1 is 1.38 bits per heavy atom. The van der Waals surface area contributed by atoms with Gasteiger partial charge < -0.3 is 15.1 Å². The monoisotopic (exact) mass is 292 g/mol. The summed E-state index contributed by atoms with van der Waals surface area (Å²) in [5.74, 6) is -1.23. The number of hydrogen-bond acceptors (Lipinski definition) is 4. The molecule has 2 rings (SSSR count). The first-order valence-corrected chi connectivity index (χ1v) is 7.17. The van der Waals surface area contributed by atoms with Crippen molar-refractivity contribution < 1.29 is 19.8 Å². The van der Waals surface area contributed by atoms with Crippen molar-refractivity contribution in [2.24, 2.45) is 0 Å². The number of amides is 1. The first kappa shape index (κ1) is 15.4. The van der Waals surface area contributed by atoms with Crippen LogP contribution in [-0.2, 0) is 0 Å². The minimum Gasteiger partial charge on any atom is -0.478 e. The molecule has 21 heavy (non-hydrogen) atoms. The topological polar surface area (TPSA) is 90.7 Å². The zero-order valence-corrected chi connectivity index (χ0v) is 12.1. The highest BCUT2D eigenvalue weighted by Crippen LogP contribution is 2.21. The number of carbonyl (C=O) groups is 2. The van der Waals surface area contributed by atoms with E-state index in [1.165, 1.54) is 12.1 Å². The lowest BCUT2D eigenvalue weighted by Crippen LogP contribution is -2.44. The third-order valence-electron chi connectivity index (χ3n) is 3.89. The molecular formula is C15H20N2O4. The van der Waals surface area contributed by atoms with Gasteiger partial charge in [0.15, 0.2) is 0 Å². The molecule has 1 amide bonds. The van der Waals surface area contributed by atoms with E-state index in [4.69, 9.17) is 10.2 Å². The smallest absolute Gasteiger partial charge is 0.337 e. The molecule has 0 spiro atoms. The number of aryl methyl sites for hydroxylation is 1. The van der Waals surface area contributed by atoms with E-state index in [9.17, 15) is 9.59 Å². The molecule has 2 N–H and O–H groups in total. The summed E-state index contributed by atoms with van der Waals surface area (Å²) in [7, 11) is 0. The molecule has 6 nitrogen and oxygen atoms in total. The quantitative estimate of drug-likeness (QED) is 0.877. The van der Waals surface area contributed by atoms with Gasteiger partial charge in [-0.2, -0.15) is 0 Å². The highest BCUT2D eigenvalue weighted by atomic mass is 16.4. The summed E-state index contributed by atoms with van der Waals surface area (Å²) in [6, 6.07) is 2.92. The maximum absolute atomic E-state index is 12.6. The lowest BCUT2D eigenvalue weighted by atomic mass is 9.99. The summed E-state index contributed by atoms with van der Waals surface area (Å²) in [5, 5.41) is 18.1. The van der Waals surface area contributed by atoms with Crippen LogP contribution in [0.15, 0.2) is 12.1 Å². The third kappa shape index (κ3) is 3.39. The summed E-state index contributed by atoms with van der Waals surface area (Å²) >= 11 is 0. The first-order valence-electron chi connectivity index (χ1n) is 7.17. The van der Waals surface area contributed by atoms with Gasteiger partial charge in [-0.15, -0.1) is 0 Å². The largest absolute Gasteiger partial charge is 0.478 e. The van der Waals surface area contributed by atoms with Crippen LogP contribution >= 0.6 is 0 Å². The van der Waals surface area contributed by atoms with E-state index in [0.29, 0.717) is 18.7 Å². The fourth-order valence-corrected chi connectivity index (χ4v) is 2.77. The number of nitrogens with zero attached hydrogens (tertiary/aromatic N) is 2. The fraction of sp³-hybridized carbons (Fsp3) is 0.533. The Morgan fingerprint density at radius 3 is 2.76 bits per heavy atom. The van der Waals surface area contributed by atoms with Crippen molar-refractivity contribution in [2.45, 2.75) is 38.6 Å². The van der Waals surface area contributed by atoms with E-state index in [1.807, 2.05) is 0 Å². The highest BCUT2D eigenvalue weighted by Gasteiger charge is 2.28. The average Bonchev–Trinajstić information content (AvgIpc) is 2.47. The molecule has 1 aliphatic heterocycles. The number of carboxylic acids is 1. The maximum Gasteiger partial charge on any atom is 0.337 e. The number of aliphatic hydroxyl groups excluding tert-OH is 1. The zero-order chi connectivity index (χ0) is 15.4. The predicted octanol–water partition coefficient (Wildman–Crippen LogP) is 1.47. The number of piperidine rings is 1. The van der Waals surface area contributed by atoms with Crippen molar-refractivity contribution in [3.8, 4) is 0 Å². The van der Waals surface area contributed by atoms with E-state index in [2.05, 4.69) is 4.98 Å². The van der Waals surface area contributed by atoms with Crippen LogP contribution in [0.5, 0.6) is 0 Å². The number of hydrogen-bond donors (Lipinski definition) is 2. The SMILES string of the molecule is Cc1nc(C(=O)N2CCCCC2CCO)ccc1C(=O)O. The second-order valence-corrected chi connectivity index (χ2v) is 5.30. The Labute approximate surface area is 123 Å². The van der Waals surface area contributed by atoms with E-state index >= 15 is 0 Å². The molecule has 0 radical (unpaired) electrons. The van der Waals surface area contributed by atoms with Crippen LogP contribution in [0.1, 0.15) is 52.2 Å². The zero-order valence-electron chi connectivity index (χ0n) is 12.1. The van der Waals surface area contributed by atoms with Gasteiger partial charge in [-0.3, -0.25) is 4.79 Å². The molecule has 1 aromatic heterocycles. The first-order chi connectivity index (χ1) is 10.0. The van der Waals surface area contributed by atoms with Crippen LogP contribution in [0.3, 0.4) is 0 Å². The molecule has 114 valence electrons. The molecule has 1 aromatic rings. The number of rotatable bonds is 4. The summed E-state index contributed by atoms with van der Waals surface area (Å²) in [6.45, 7) is 2.30. The lowest BCUT2D eigenvalue weighted by Gasteiger charge is -2.35. The number of carbonyl (C=O) groups excluding carboxylic acids is 1. The Bertz CT molecular complexity index is 542. The van der Waals surface area contributed by atoms with Gasteiger partial charge in [0.2, 0.25) is 0 Å². The Hall–Kier alpha value is -1.95. The van der Waals surface area contributed by atoms with E-state index in [0.717, 1.165) is 19.3 Å². The highest BCUT2D eigenvalue weighted by molar-refractivity contribution is 5.94.